The van der Waals surface area contributed by atoms with E-state index in [0.717, 1.165) is 51.8 Å². The highest BCUT2D eigenvalue weighted by molar-refractivity contribution is 5.92. The lowest BCUT2D eigenvalue weighted by Gasteiger charge is -2.26. The molecule has 1 saturated carbocycles. The first-order valence-electron chi connectivity index (χ1n) is 10.7. The first-order valence-corrected chi connectivity index (χ1v) is 10.7. The number of hydrogen-bond acceptors (Lipinski definition) is 4. The number of aromatic nitrogens is 4. The third kappa shape index (κ3) is 3.08. The summed E-state index contributed by atoms with van der Waals surface area (Å²) < 4.78 is 5.30. The van der Waals surface area contributed by atoms with Crippen LogP contribution in [0.2, 0.25) is 0 Å². The maximum Gasteiger partial charge on any atom is 0.329 e. The number of aliphatic hydroxyl groups excluding tert-OH is 1. The molecule has 160 valence electrons. The summed E-state index contributed by atoms with van der Waals surface area (Å²) >= 11 is 0. The molecule has 2 aromatic carbocycles. The number of nitrogens with zero attached hydrogens (tertiary/aromatic N) is 4. The molecule has 0 amide bonds. The first-order chi connectivity index (χ1) is 15.0. The molecule has 1 aliphatic rings. The molecule has 3 N–H and O–H groups in total. The van der Waals surface area contributed by atoms with Gasteiger partial charge in [0.05, 0.1) is 29.7 Å². The fourth-order valence-electron chi connectivity index (χ4n) is 4.54. The molecule has 0 bridgehead atoms. The lowest BCUT2D eigenvalue weighted by Crippen LogP contribution is -2.29. The summed E-state index contributed by atoms with van der Waals surface area (Å²) in [6.45, 7) is 2.32. The van der Waals surface area contributed by atoms with Crippen molar-refractivity contribution in [2.24, 2.45) is 7.05 Å². The van der Waals surface area contributed by atoms with Crippen molar-refractivity contribution in [2.45, 2.75) is 38.8 Å². The molecule has 1 aliphatic carbocycles. The maximum absolute atomic E-state index is 12.9. The van der Waals surface area contributed by atoms with Gasteiger partial charge < -0.3 is 10.8 Å². The molecular weight excluding hydrogens is 390 g/mol. The predicted molar refractivity (Wildman–Crippen MR) is 123 cm³/mol. The molecule has 7 nitrogen and oxygen atoms in total. The average molecular weight is 418 g/mol. The zero-order valence-corrected chi connectivity index (χ0v) is 17.9. The second-order valence-corrected chi connectivity index (χ2v) is 8.42. The smallest absolute Gasteiger partial charge is 0.329 e. The van der Waals surface area contributed by atoms with Gasteiger partial charge in [0.15, 0.2) is 0 Å². The Morgan fingerprint density at radius 2 is 1.94 bits per heavy atom. The third-order valence-electron chi connectivity index (χ3n) is 6.41. The van der Waals surface area contributed by atoms with Crippen LogP contribution in [-0.4, -0.2) is 30.6 Å². The van der Waals surface area contributed by atoms with Crippen LogP contribution in [0.25, 0.3) is 33.4 Å². The van der Waals surface area contributed by atoms with E-state index in [1.54, 1.807) is 9.25 Å². The van der Waals surface area contributed by atoms with Gasteiger partial charge >= 0.3 is 5.69 Å². The van der Waals surface area contributed by atoms with E-state index in [0.29, 0.717) is 18.4 Å². The van der Waals surface area contributed by atoms with Gasteiger partial charge in [-0.3, -0.25) is 9.13 Å². The highest BCUT2D eigenvalue weighted by atomic mass is 16.3. The monoisotopic (exact) mass is 417 g/mol. The molecule has 5 rings (SSSR count). The summed E-state index contributed by atoms with van der Waals surface area (Å²) in [5.74, 6) is 0.508. The number of aryl methyl sites for hydroxylation is 2. The van der Waals surface area contributed by atoms with Crippen LogP contribution in [0.15, 0.2) is 47.3 Å². The van der Waals surface area contributed by atoms with Crippen LogP contribution < -0.4 is 11.4 Å². The van der Waals surface area contributed by atoms with Crippen LogP contribution in [0, 0.1) is 6.92 Å². The van der Waals surface area contributed by atoms with E-state index in [1.165, 1.54) is 6.42 Å². The second kappa shape index (κ2) is 7.42. The largest absolute Gasteiger partial charge is 0.394 e. The molecule has 4 aromatic rings. The molecule has 2 aromatic heterocycles. The van der Waals surface area contributed by atoms with Gasteiger partial charge in [0.25, 0.3) is 0 Å². The maximum atomic E-state index is 12.9. The molecule has 0 aliphatic heterocycles. The van der Waals surface area contributed by atoms with E-state index in [4.69, 9.17) is 10.8 Å². The Balaban J connectivity index is 1.72. The van der Waals surface area contributed by atoms with Crippen LogP contribution in [0.3, 0.4) is 0 Å². The molecule has 0 atom stereocenters. The Morgan fingerprint density at radius 3 is 2.61 bits per heavy atom. The minimum absolute atomic E-state index is 0.0275. The van der Waals surface area contributed by atoms with Crippen molar-refractivity contribution < 1.29 is 5.11 Å². The molecular formula is C24H27N5O2. The standard InChI is InChI=1S/C24H27N5O2/c1-15-5-3-6-17(13-15)22-21(23(25)28(26-22)11-12-30)16-9-10-19-20(14-16)27(2)24(31)29(19)18-7-4-8-18/h3,5-6,9-10,13-14,18,30H,4,7-8,11-12,25H2,1-2H3. The normalized spacial score (nSPS) is 14.3. The first kappa shape index (κ1) is 19.6. The van der Waals surface area contributed by atoms with Gasteiger partial charge in [0, 0.05) is 18.7 Å². The Kier molecular flexibility index (Phi) is 4.70. The number of benzene rings is 2. The molecule has 0 spiro atoms. The lowest BCUT2D eigenvalue weighted by molar-refractivity contribution is 0.270. The number of fused-ring (bicyclic) bond motifs is 1. The number of aliphatic hydroxyl groups is 1. The van der Waals surface area contributed by atoms with Gasteiger partial charge in [0.2, 0.25) is 0 Å². The Labute approximate surface area is 180 Å². The molecule has 31 heavy (non-hydrogen) atoms. The summed E-state index contributed by atoms with van der Waals surface area (Å²) in [7, 11) is 1.82. The third-order valence-corrected chi connectivity index (χ3v) is 6.41. The number of hydrogen-bond donors (Lipinski definition) is 2. The average Bonchev–Trinajstić information content (AvgIpc) is 3.17. The van der Waals surface area contributed by atoms with Crippen molar-refractivity contribution in [1.29, 1.82) is 0 Å². The molecule has 0 unspecified atom stereocenters. The number of nitrogen functional groups attached to an aromatic ring is 1. The van der Waals surface area contributed by atoms with Gasteiger partial charge in [-0.15, -0.1) is 0 Å². The van der Waals surface area contributed by atoms with Gasteiger partial charge in [-0.05, 0) is 49.9 Å². The van der Waals surface area contributed by atoms with Crippen molar-refractivity contribution in [2.75, 3.05) is 12.3 Å². The SMILES string of the molecule is Cc1cccc(-c2nn(CCO)c(N)c2-c2ccc3c(c2)n(C)c(=O)n3C2CCC2)c1. The quantitative estimate of drug-likeness (QED) is 0.520. The van der Waals surface area contributed by atoms with E-state index in [2.05, 4.69) is 6.07 Å². The van der Waals surface area contributed by atoms with Gasteiger partial charge in [-0.1, -0.05) is 29.8 Å². The molecule has 1 fully saturated rings. The number of imidazole rings is 1. The molecule has 0 saturated heterocycles. The number of anilines is 1. The molecule has 0 radical (unpaired) electrons. The summed E-state index contributed by atoms with van der Waals surface area (Å²) in [6, 6.07) is 14.5. The van der Waals surface area contributed by atoms with Crippen LogP contribution in [0.5, 0.6) is 0 Å². The minimum Gasteiger partial charge on any atom is -0.394 e. The highest BCUT2D eigenvalue weighted by Gasteiger charge is 2.26. The predicted octanol–water partition coefficient (Wildman–Crippen LogP) is 3.48. The Hall–Kier alpha value is -3.32. The van der Waals surface area contributed by atoms with Gasteiger partial charge in [0.1, 0.15) is 11.5 Å². The van der Waals surface area contributed by atoms with Crippen molar-refractivity contribution in [3.63, 3.8) is 0 Å². The van der Waals surface area contributed by atoms with E-state index >= 15 is 0 Å². The van der Waals surface area contributed by atoms with E-state index in [9.17, 15) is 9.90 Å². The zero-order chi connectivity index (χ0) is 21.7. The number of rotatable bonds is 5. The van der Waals surface area contributed by atoms with E-state index in [-0.39, 0.29) is 12.3 Å². The summed E-state index contributed by atoms with van der Waals surface area (Å²) in [6.07, 6.45) is 3.28. The van der Waals surface area contributed by atoms with E-state index < -0.39 is 0 Å². The molecule has 2 heterocycles. The van der Waals surface area contributed by atoms with Crippen molar-refractivity contribution in [1.82, 2.24) is 18.9 Å². The Bertz CT molecular complexity index is 1340. The molecule has 7 heteroatoms. The van der Waals surface area contributed by atoms with Crippen molar-refractivity contribution >= 4 is 16.9 Å². The lowest BCUT2D eigenvalue weighted by atomic mass is 9.92. The van der Waals surface area contributed by atoms with Crippen LogP contribution >= 0.6 is 0 Å². The van der Waals surface area contributed by atoms with Gasteiger partial charge in [-0.2, -0.15) is 5.10 Å². The van der Waals surface area contributed by atoms with Gasteiger partial charge in [-0.25, -0.2) is 9.48 Å². The fraction of sp³-hybridized carbons (Fsp3) is 0.333. The Morgan fingerprint density at radius 1 is 1.13 bits per heavy atom. The summed E-state index contributed by atoms with van der Waals surface area (Å²) in [4.78, 5) is 12.9. The second-order valence-electron chi connectivity index (χ2n) is 8.42. The van der Waals surface area contributed by atoms with Crippen LogP contribution in [-0.2, 0) is 13.6 Å². The van der Waals surface area contributed by atoms with Crippen LogP contribution in [0.4, 0.5) is 5.82 Å². The number of nitrogens with two attached hydrogens (primary N) is 1. The summed E-state index contributed by atoms with van der Waals surface area (Å²) in [5.41, 5.74) is 13.0. The fourth-order valence-corrected chi connectivity index (χ4v) is 4.54. The minimum atomic E-state index is -0.0453. The summed E-state index contributed by atoms with van der Waals surface area (Å²) in [5, 5.41) is 14.2. The van der Waals surface area contributed by atoms with Crippen molar-refractivity contribution in [3.05, 3.63) is 58.5 Å². The van der Waals surface area contributed by atoms with E-state index in [1.807, 2.05) is 54.9 Å². The van der Waals surface area contributed by atoms with Crippen LogP contribution in [0.1, 0.15) is 30.9 Å². The topological polar surface area (TPSA) is 91.0 Å². The van der Waals surface area contributed by atoms with Crippen molar-refractivity contribution in [3.8, 4) is 22.4 Å². The zero-order valence-electron chi connectivity index (χ0n) is 17.9. The highest BCUT2D eigenvalue weighted by Crippen LogP contribution is 2.39.